The lowest BCUT2D eigenvalue weighted by Gasteiger charge is -2.28. The first-order chi connectivity index (χ1) is 16.5. The molecule has 3 aromatic rings. The van der Waals surface area contributed by atoms with Crippen molar-refractivity contribution < 1.29 is 4.79 Å². The predicted molar refractivity (Wildman–Crippen MR) is 142 cm³/mol. The summed E-state index contributed by atoms with van der Waals surface area (Å²) in [5.74, 6) is -0.186. The predicted octanol–water partition coefficient (Wildman–Crippen LogP) is 2.75. The minimum absolute atomic E-state index is 0.154. The van der Waals surface area contributed by atoms with E-state index in [0.717, 1.165) is 16.9 Å². The van der Waals surface area contributed by atoms with Crippen molar-refractivity contribution in [3.63, 3.8) is 0 Å². The van der Waals surface area contributed by atoms with Crippen LogP contribution in [0.4, 0.5) is 5.69 Å². The highest BCUT2D eigenvalue weighted by molar-refractivity contribution is 7.80. The second-order valence-corrected chi connectivity index (χ2v) is 9.34. The summed E-state index contributed by atoms with van der Waals surface area (Å²) in [4.78, 5) is 32.7. The lowest BCUT2D eigenvalue weighted by molar-refractivity contribution is -0.120. The molecule has 0 unspecified atom stereocenters. The molecular weight excluding hydrogens is 464 g/mol. The molecule has 1 aromatic heterocycles. The molecule has 172 valence electrons. The van der Waals surface area contributed by atoms with E-state index in [1.807, 2.05) is 61.5 Å². The molecule has 2 aliphatic heterocycles. The van der Waals surface area contributed by atoms with Crippen LogP contribution >= 0.6 is 23.6 Å². The van der Waals surface area contributed by atoms with Gasteiger partial charge in [-0.15, -0.1) is 11.3 Å². The molecule has 6 nitrogen and oxygen atoms in total. The average molecular weight is 489 g/mol. The lowest BCUT2D eigenvalue weighted by atomic mass is 10.1. The molecular formula is C26H24N4O2S2. The summed E-state index contributed by atoms with van der Waals surface area (Å²) in [6, 6.07) is 17.6. The molecule has 34 heavy (non-hydrogen) atoms. The van der Waals surface area contributed by atoms with Crippen LogP contribution in [0.25, 0.3) is 23.2 Å². The molecule has 8 heteroatoms. The molecule has 0 saturated carbocycles. The highest BCUT2D eigenvalue weighted by atomic mass is 32.1. The molecule has 1 fully saturated rings. The fraction of sp³-hybridized carbons (Fsp3) is 0.192. The Bertz CT molecular complexity index is 1520. The number of hydrogen-bond donors (Lipinski definition) is 0. The SMILES string of the molecule is CCN1C(=O)C(=c2sc(=C3C=Cc4ccccc4N3CC)c(=O)n2-c2ccccc2)N(C)C1=S. The molecule has 1 saturated heterocycles. The number of hydrogen-bond acceptors (Lipinski definition) is 5. The Hall–Kier alpha value is -3.49. The summed E-state index contributed by atoms with van der Waals surface area (Å²) in [5, 5.41) is 0.443. The summed E-state index contributed by atoms with van der Waals surface area (Å²) in [6.45, 7) is 5.14. The summed E-state index contributed by atoms with van der Waals surface area (Å²) >= 11 is 6.86. The van der Waals surface area contributed by atoms with Crippen molar-refractivity contribution in [2.45, 2.75) is 13.8 Å². The van der Waals surface area contributed by atoms with E-state index >= 15 is 0 Å². The van der Waals surface area contributed by atoms with Crippen molar-refractivity contribution in [3.8, 4) is 5.69 Å². The maximum Gasteiger partial charge on any atom is 0.279 e. The van der Waals surface area contributed by atoms with E-state index in [-0.39, 0.29) is 11.5 Å². The first-order valence-electron chi connectivity index (χ1n) is 11.2. The van der Waals surface area contributed by atoms with Crippen LogP contribution in [0, 0.1) is 0 Å². The van der Waals surface area contributed by atoms with Crippen LogP contribution in [0.1, 0.15) is 19.4 Å². The van der Waals surface area contributed by atoms with Crippen molar-refractivity contribution >= 4 is 57.7 Å². The normalized spacial score (nSPS) is 18.7. The molecule has 0 aliphatic carbocycles. The number of nitrogens with zero attached hydrogens (tertiary/aromatic N) is 4. The number of fused-ring (bicyclic) bond motifs is 1. The third-order valence-electron chi connectivity index (χ3n) is 6.12. The molecule has 0 N–H and O–H groups in total. The molecule has 1 amide bonds. The number of carbonyl (C=O) groups excluding carboxylic acids is 1. The van der Waals surface area contributed by atoms with Gasteiger partial charge in [-0.1, -0.05) is 42.5 Å². The zero-order valence-corrected chi connectivity index (χ0v) is 20.8. The molecule has 3 heterocycles. The van der Waals surface area contributed by atoms with Crippen LogP contribution in [0.3, 0.4) is 0 Å². The quantitative estimate of drug-likeness (QED) is 0.531. The number of thiocarbonyl (C=S) groups is 1. The van der Waals surface area contributed by atoms with E-state index in [2.05, 4.69) is 24.0 Å². The third-order valence-corrected chi connectivity index (χ3v) is 7.77. The lowest BCUT2D eigenvalue weighted by Crippen LogP contribution is -2.36. The van der Waals surface area contributed by atoms with Crippen LogP contribution in [-0.2, 0) is 4.79 Å². The second-order valence-electron chi connectivity index (χ2n) is 7.97. The van der Waals surface area contributed by atoms with Crippen LogP contribution in [0.15, 0.2) is 65.5 Å². The van der Waals surface area contributed by atoms with Gasteiger partial charge in [0.25, 0.3) is 11.5 Å². The number of carbonyl (C=O) groups is 1. The van der Waals surface area contributed by atoms with E-state index in [1.165, 1.54) is 11.3 Å². The van der Waals surface area contributed by atoms with Crippen LogP contribution < -0.4 is 19.7 Å². The second kappa shape index (κ2) is 8.70. The number of para-hydroxylation sites is 2. The Kier molecular flexibility index (Phi) is 5.71. The van der Waals surface area contributed by atoms with Gasteiger partial charge in [0.05, 0.1) is 11.4 Å². The van der Waals surface area contributed by atoms with Crippen molar-refractivity contribution in [3.05, 3.63) is 85.8 Å². The highest BCUT2D eigenvalue weighted by Gasteiger charge is 2.37. The van der Waals surface area contributed by atoms with Gasteiger partial charge in [-0.2, -0.15) is 0 Å². The van der Waals surface area contributed by atoms with Crippen LogP contribution in [-0.4, -0.2) is 45.5 Å². The van der Waals surface area contributed by atoms with Gasteiger partial charge in [-0.25, -0.2) is 0 Å². The average Bonchev–Trinajstić information content (AvgIpc) is 3.30. The monoisotopic (exact) mass is 488 g/mol. The smallest absolute Gasteiger partial charge is 0.279 e. The summed E-state index contributed by atoms with van der Waals surface area (Å²) in [5.41, 5.74) is 3.98. The molecule has 5 rings (SSSR count). The Morgan fingerprint density at radius 3 is 2.24 bits per heavy atom. The number of aromatic nitrogens is 1. The van der Waals surface area contributed by atoms with E-state index in [0.29, 0.717) is 38.8 Å². The number of thiazole rings is 1. The van der Waals surface area contributed by atoms with E-state index in [1.54, 1.807) is 21.4 Å². The van der Waals surface area contributed by atoms with Crippen LogP contribution in [0.5, 0.6) is 0 Å². The van der Waals surface area contributed by atoms with Crippen LogP contribution in [0.2, 0.25) is 0 Å². The first-order valence-corrected chi connectivity index (χ1v) is 12.4. The Balaban J connectivity index is 1.90. The van der Waals surface area contributed by atoms with Crippen molar-refractivity contribution in [2.75, 3.05) is 25.0 Å². The van der Waals surface area contributed by atoms with Gasteiger partial charge in [0.15, 0.2) is 5.11 Å². The summed E-state index contributed by atoms with van der Waals surface area (Å²) in [6.07, 6.45) is 4.03. The molecule has 0 spiro atoms. The largest absolute Gasteiger partial charge is 0.340 e. The van der Waals surface area contributed by atoms with Crippen molar-refractivity contribution in [1.29, 1.82) is 0 Å². The third kappa shape index (κ3) is 3.33. The summed E-state index contributed by atoms with van der Waals surface area (Å²) in [7, 11) is 1.78. The van der Waals surface area contributed by atoms with Gasteiger partial charge >= 0.3 is 0 Å². The summed E-state index contributed by atoms with van der Waals surface area (Å²) < 4.78 is 2.80. The zero-order chi connectivity index (χ0) is 24.0. The zero-order valence-electron chi connectivity index (χ0n) is 19.2. The number of anilines is 1. The first kappa shape index (κ1) is 22.3. The Labute approximate surface area is 207 Å². The topological polar surface area (TPSA) is 48.8 Å². The van der Waals surface area contributed by atoms with E-state index in [4.69, 9.17) is 12.2 Å². The fourth-order valence-electron chi connectivity index (χ4n) is 4.46. The van der Waals surface area contributed by atoms with Gasteiger partial charge in [0.2, 0.25) is 0 Å². The van der Waals surface area contributed by atoms with Gasteiger partial charge < -0.3 is 9.80 Å². The van der Waals surface area contributed by atoms with Gasteiger partial charge in [0.1, 0.15) is 14.9 Å². The van der Waals surface area contributed by atoms with E-state index in [9.17, 15) is 9.59 Å². The molecule has 2 aliphatic rings. The minimum Gasteiger partial charge on any atom is -0.340 e. The molecule has 0 bridgehead atoms. The van der Waals surface area contributed by atoms with Gasteiger partial charge in [-0.05, 0) is 55.9 Å². The standard InChI is InChI=1S/C26H24N4O2S2/c1-4-28-19-14-10-9-11-17(19)15-16-20(28)22-24(32)30(18-12-7-6-8-13-18)25(34-22)21-23(31)29(5-2)26(33)27(21)3/h6-16H,4-5H2,1-3H3. The van der Waals surface area contributed by atoms with Gasteiger partial charge in [-0.3, -0.25) is 19.1 Å². The Morgan fingerprint density at radius 2 is 1.56 bits per heavy atom. The van der Waals surface area contributed by atoms with E-state index < -0.39 is 0 Å². The Morgan fingerprint density at radius 1 is 0.882 bits per heavy atom. The number of rotatable bonds is 3. The highest BCUT2D eigenvalue weighted by Crippen LogP contribution is 2.30. The van der Waals surface area contributed by atoms with Gasteiger partial charge in [0, 0.05) is 25.8 Å². The maximum atomic E-state index is 14.0. The van der Waals surface area contributed by atoms with Crippen molar-refractivity contribution in [1.82, 2.24) is 14.4 Å². The number of benzene rings is 2. The number of likely N-dealkylation sites (N-methyl/N-ethyl adjacent to an activating group) is 3. The maximum absolute atomic E-state index is 14.0. The molecule has 2 aromatic carbocycles. The molecule has 0 radical (unpaired) electrons. The number of amides is 1. The minimum atomic E-state index is -0.186. The molecule has 0 atom stereocenters. The fourth-order valence-corrected chi connectivity index (χ4v) is 6.02. The van der Waals surface area contributed by atoms with Crippen molar-refractivity contribution in [2.24, 2.45) is 0 Å².